The van der Waals surface area contributed by atoms with E-state index in [0.29, 0.717) is 0 Å². The molecule has 0 saturated carbocycles. The third-order valence-corrected chi connectivity index (χ3v) is 3.44. The number of hydrogen-bond donors (Lipinski definition) is 0. The fraction of sp³-hybridized carbons (Fsp3) is 0.0588. The van der Waals surface area contributed by atoms with E-state index >= 15 is 0 Å². The quantitative estimate of drug-likeness (QED) is 0.697. The lowest BCUT2D eigenvalue weighted by molar-refractivity contribution is 0.507. The number of rotatable bonds is 3. The summed E-state index contributed by atoms with van der Waals surface area (Å²) in [5.41, 5.74) is -0.590. The molecule has 0 bridgehead atoms. The summed E-state index contributed by atoms with van der Waals surface area (Å²) in [5.74, 6) is -2.10. The molecule has 0 atom stereocenters. The molecule has 2 aromatic carbocycles. The summed E-state index contributed by atoms with van der Waals surface area (Å²) in [6.07, 6.45) is 2.80. The van der Waals surface area contributed by atoms with Gasteiger partial charge in [-0.05, 0) is 17.7 Å². The van der Waals surface area contributed by atoms with Gasteiger partial charge in [-0.15, -0.1) is 0 Å². The zero-order valence-electron chi connectivity index (χ0n) is 11.9. The van der Waals surface area contributed by atoms with Gasteiger partial charge in [0.15, 0.2) is 11.6 Å². The minimum Gasteiger partial charge on any atom is -0.305 e. The van der Waals surface area contributed by atoms with Gasteiger partial charge in [-0.1, -0.05) is 30.3 Å². The Bertz CT molecular complexity index is 962. The Kier molecular flexibility index (Phi) is 3.89. The van der Waals surface area contributed by atoms with E-state index in [1.165, 1.54) is 23.0 Å². The molecule has 0 aliphatic heterocycles. The van der Waals surface area contributed by atoms with Gasteiger partial charge in [0.05, 0.1) is 12.2 Å². The molecule has 1 heterocycles. The SMILES string of the molecule is O=c1c(=O)n(-c2ccc(F)c(F)c2)ccn1Cc1ccccc1. The highest BCUT2D eigenvalue weighted by molar-refractivity contribution is 5.32. The first-order chi connectivity index (χ1) is 11.1. The molecule has 0 saturated heterocycles. The fourth-order valence-electron chi connectivity index (χ4n) is 2.25. The lowest BCUT2D eigenvalue weighted by Gasteiger charge is -2.09. The van der Waals surface area contributed by atoms with Crippen LogP contribution in [0.5, 0.6) is 0 Å². The topological polar surface area (TPSA) is 44.0 Å². The zero-order valence-corrected chi connectivity index (χ0v) is 11.9. The standard InChI is InChI=1S/C17H12F2N2O2/c18-14-7-6-13(10-15(14)19)21-9-8-20(16(22)17(21)23)11-12-4-2-1-3-5-12/h1-10H,11H2. The lowest BCUT2D eigenvalue weighted by atomic mass is 10.2. The second kappa shape index (κ2) is 6.00. The minimum absolute atomic E-state index is 0.0952. The summed E-state index contributed by atoms with van der Waals surface area (Å²) in [4.78, 5) is 24.4. The van der Waals surface area contributed by atoms with Crippen molar-refractivity contribution in [3.05, 3.63) is 98.8 Å². The van der Waals surface area contributed by atoms with Gasteiger partial charge in [0.2, 0.25) is 0 Å². The van der Waals surface area contributed by atoms with E-state index in [1.54, 1.807) is 0 Å². The van der Waals surface area contributed by atoms with E-state index in [1.807, 2.05) is 30.3 Å². The number of nitrogens with zero attached hydrogens (tertiary/aromatic N) is 2. The van der Waals surface area contributed by atoms with Crippen LogP contribution in [-0.2, 0) is 6.54 Å². The predicted molar refractivity (Wildman–Crippen MR) is 81.8 cm³/mol. The Morgan fingerprint density at radius 3 is 2.26 bits per heavy atom. The summed E-state index contributed by atoms with van der Waals surface area (Å²) >= 11 is 0. The number of halogens is 2. The molecule has 6 heteroatoms. The largest absolute Gasteiger partial charge is 0.320 e. The Labute approximate surface area is 129 Å². The molecule has 0 aliphatic rings. The first-order valence-corrected chi connectivity index (χ1v) is 6.88. The molecule has 0 aliphatic carbocycles. The van der Waals surface area contributed by atoms with Gasteiger partial charge in [-0.3, -0.25) is 14.2 Å². The second-order valence-corrected chi connectivity index (χ2v) is 4.99. The van der Waals surface area contributed by atoms with Crippen molar-refractivity contribution in [2.75, 3.05) is 0 Å². The van der Waals surface area contributed by atoms with Gasteiger partial charge in [-0.25, -0.2) is 8.78 Å². The van der Waals surface area contributed by atoms with Crippen LogP contribution in [0.3, 0.4) is 0 Å². The normalized spacial score (nSPS) is 10.7. The lowest BCUT2D eigenvalue weighted by Crippen LogP contribution is -2.40. The number of aromatic nitrogens is 2. The second-order valence-electron chi connectivity index (χ2n) is 4.99. The van der Waals surface area contributed by atoms with Gasteiger partial charge in [0, 0.05) is 18.5 Å². The van der Waals surface area contributed by atoms with Gasteiger partial charge < -0.3 is 4.57 Å². The van der Waals surface area contributed by atoms with Crippen molar-refractivity contribution < 1.29 is 8.78 Å². The summed E-state index contributed by atoms with van der Waals surface area (Å²) < 4.78 is 28.5. The predicted octanol–water partition coefficient (Wildman–Crippen LogP) is 2.33. The molecular weight excluding hydrogens is 302 g/mol. The van der Waals surface area contributed by atoms with Crippen LogP contribution in [-0.4, -0.2) is 9.13 Å². The first kappa shape index (κ1) is 14.9. The van der Waals surface area contributed by atoms with Crippen molar-refractivity contribution >= 4 is 0 Å². The van der Waals surface area contributed by atoms with Crippen molar-refractivity contribution in [3.63, 3.8) is 0 Å². The molecule has 1 aromatic heterocycles. The molecule has 0 N–H and O–H groups in total. The van der Waals surface area contributed by atoms with Crippen molar-refractivity contribution in [2.24, 2.45) is 0 Å². The molecule has 0 spiro atoms. The summed E-state index contributed by atoms with van der Waals surface area (Å²) in [5, 5.41) is 0. The first-order valence-electron chi connectivity index (χ1n) is 6.88. The smallest absolute Gasteiger partial charge is 0.305 e. The molecule has 0 fully saturated rings. The van der Waals surface area contributed by atoms with Crippen LogP contribution in [0.2, 0.25) is 0 Å². The number of hydrogen-bond acceptors (Lipinski definition) is 2. The van der Waals surface area contributed by atoms with E-state index in [0.717, 1.165) is 22.3 Å². The molecule has 116 valence electrons. The average Bonchev–Trinajstić information content (AvgIpc) is 2.56. The molecule has 23 heavy (non-hydrogen) atoms. The van der Waals surface area contributed by atoms with Crippen LogP contribution in [0.1, 0.15) is 5.56 Å². The van der Waals surface area contributed by atoms with Gasteiger partial charge >= 0.3 is 11.1 Å². The van der Waals surface area contributed by atoms with E-state index in [-0.39, 0.29) is 12.2 Å². The molecule has 3 aromatic rings. The van der Waals surface area contributed by atoms with Crippen molar-refractivity contribution in [1.29, 1.82) is 0 Å². The number of benzene rings is 2. The highest BCUT2D eigenvalue weighted by Gasteiger charge is 2.09. The molecule has 3 rings (SSSR count). The maximum atomic E-state index is 13.3. The van der Waals surface area contributed by atoms with Crippen LogP contribution in [0.25, 0.3) is 5.69 Å². The van der Waals surface area contributed by atoms with Gasteiger partial charge in [0.1, 0.15) is 0 Å². The maximum Gasteiger partial charge on any atom is 0.320 e. The molecule has 0 unspecified atom stereocenters. The van der Waals surface area contributed by atoms with Crippen LogP contribution in [0.15, 0.2) is 70.5 Å². The van der Waals surface area contributed by atoms with E-state index < -0.39 is 22.8 Å². The molecule has 4 nitrogen and oxygen atoms in total. The Balaban J connectivity index is 2.02. The fourth-order valence-corrected chi connectivity index (χ4v) is 2.25. The Morgan fingerprint density at radius 1 is 0.826 bits per heavy atom. The Hall–Kier alpha value is -3.02. The minimum atomic E-state index is -1.08. The van der Waals surface area contributed by atoms with Crippen LogP contribution in [0.4, 0.5) is 8.78 Å². The van der Waals surface area contributed by atoms with Crippen LogP contribution < -0.4 is 11.1 Å². The van der Waals surface area contributed by atoms with Crippen molar-refractivity contribution in [1.82, 2.24) is 9.13 Å². The summed E-state index contributed by atoms with van der Waals surface area (Å²) in [6, 6.07) is 12.2. The van der Waals surface area contributed by atoms with Crippen molar-refractivity contribution in [2.45, 2.75) is 6.54 Å². The highest BCUT2D eigenvalue weighted by atomic mass is 19.2. The van der Waals surface area contributed by atoms with E-state index in [2.05, 4.69) is 0 Å². The van der Waals surface area contributed by atoms with Crippen LogP contribution in [0, 0.1) is 11.6 Å². The maximum absolute atomic E-state index is 13.3. The zero-order chi connectivity index (χ0) is 16.4. The van der Waals surface area contributed by atoms with Crippen molar-refractivity contribution in [3.8, 4) is 5.69 Å². The molecular formula is C17H12F2N2O2. The third-order valence-electron chi connectivity index (χ3n) is 3.44. The molecule has 0 amide bonds. The Morgan fingerprint density at radius 2 is 1.57 bits per heavy atom. The monoisotopic (exact) mass is 314 g/mol. The van der Waals surface area contributed by atoms with Crippen LogP contribution >= 0.6 is 0 Å². The van der Waals surface area contributed by atoms with Gasteiger partial charge in [0.25, 0.3) is 0 Å². The van der Waals surface area contributed by atoms with E-state index in [9.17, 15) is 18.4 Å². The average molecular weight is 314 g/mol. The summed E-state index contributed by atoms with van der Waals surface area (Å²) in [6.45, 7) is 0.257. The highest BCUT2D eigenvalue weighted by Crippen LogP contribution is 2.11. The van der Waals surface area contributed by atoms with E-state index in [4.69, 9.17) is 0 Å². The third kappa shape index (κ3) is 2.96. The van der Waals surface area contributed by atoms with Gasteiger partial charge in [-0.2, -0.15) is 0 Å². The molecule has 0 radical (unpaired) electrons. The summed E-state index contributed by atoms with van der Waals surface area (Å²) in [7, 11) is 0.